The van der Waals surface area contributed by atoms with E-state index in [1.807, 2.05) is 41.5 Å². The maximum atomic E-state index is 11.9. The Hall–Kier alpha value is -1.10. The highest BCUT2D eigenvalue weighted by atomic mass is 16.2. The lowest BCUT2D eigenvalue weighted by atomic mass is 9.96. The Labute approximate surface area is 142 Å². The molecule has 5 heteroatoms. The number of rotatable bonds is 6. The first-order valence-electron chi connectivity index (χ1n) is 8.47. The maximum Gasteiger partial charge on any atom is 0.225 e. The molecule has 0 rings (SSSR count). The zero-order chi connectivity index (χ0) is 18.5. The molecular weight excluding hydrogens is 290 g/mol. The molecule has 0 saturated heterocycles. The minimum absolute atomic E-state index is 0.0150. The van der Waals surface area contributed by atoms with Gasteiger partial charge in [0.1, 0.15) is 0 Å². The molecule has 2 amide bonds. The third kappa shape index (κ3) is 8.94. The van der Waals surface area contributed by atoms with Gasteiger partial charge in [-0.1, -0.05) is 41.5 Å². The van der Waals surface area contributed by atoms with Gasteiger partial charge in [-0.25, -0.2) is 0 Å². The summed E-state index contributed by atoms with van der Waals surface area (Å²) in [6.45, 7) is 20.6. The second-order valence-corrected chi connectivity index (χ2v) is 9.17. The fraction of sp³-hybridized carbons (Fsp3) is 0.889. The molecule has 0 aliphatic rings. The van der Waals surface area contributed by atoms with E-state index in [0.717, 1.165) is 13.1 Å². The number of nitrogens with one attached hydrogen (secondary N) is 2. The van der Waals surface area contributed by atoms with Crippen LogP contribution < -0.4 is 10.6 Å². The SMILES string of the molecule is CC(C)(C)C(=O)NCCN(CCNC(=O)C(C)(C)C)C(C)(C)C. The number of hydrogen-bond donors (Lipinski definition) is 2. The maximum absolute atomic E-state index is 11.9. The van der Waals surface area contributed by atoms with Crippen LogP contribution in [-0.4, -0.2) is 48.4 Å². The van der Waals surface area contributed by atoms with Gasteiger partial charge < -0.3 is 10.6 Å². The number of carbonyl (C=O) groups excluding carboxylic acids is 2. The molecule has 0 atom stereocenters. The summed E-state index contributed by atoms with van der Waals surface area (Å²) in [5.41, 5.74) is -0.751. The highest BCUT2D eigenvalue weighted by Gasteiger charge is 2.25. The molecule has 0 unspecified atom stereocenters. The molecule has 0 radical (unpaired) electrons. The minimum atomic E-state index is -0.368. The van der Waals surface area contributed by atoms with Gasteiger partial charge in [-0.2, -0.15) is 0 Å². The Morgan fingerprint density at radius 1 is 0.696 bits per heavy atom. The monoisotopic (exact) mass is 327 g/mol. The summed E-state index contributed by atoms with van der Waals surface area (Å²) >= 11 is 0. The van der Waals surface area contributed by atoms with E-state index in [-0.39, 0.29) is 28.2 Å². The number of amides is 2. The Bertz CT molecular complexity index is 366. The molecule has 23 heavy (non-hydrogen) atoms. The Balaban J connectivity index is 4.41. The van der Waals surface area contributed by atoms with Gasteiger partial charge in [0.05, 0.1) is 0 Å². The van der Waals surface area contributed by atoms with E-state index in [0.29, 0.717) is 13.1 Å². The molecule has 0 aliphatic carbocycles. The lowest BCUT2D eigenvalue weighted by Crippen LogP contribution is -2.50. The lowest BCUT2D eigenvalue weighted by molar-refractivity contribution is -0.129. The van der Waals surface area contributed by atoms with Crippen molar-refractivity contribution in [2.45, 2.75) is 67.9 Å². The zero-order valence-corrected chi connectivity index (χ0v) is 16.6. The smallest absolute Gasteiger partial charge is 0.225 e. The van der Waals surface area contributed by atoms with Crippen molar-refractivity contribution in [2.24, 2.45) is 10.8 Å². The van der Waals surface area contributed by atoms with Crippen molar-refractivity contribution in [3.8, 4) is 0 Å². The second kappa shape index (κ2) is 8.13. The molecular formula is C18H37N3O2. The average molecular weight is 328 g/mol. The first kappa shape index (κ1) is 21.9. The van der Waals surface area contributed by atoms with E-state index in [2.05, 4.69) is 36.3 Å². The van der Waals surface area contributed by atoms with Crippen molar-refractivity contribution < 1.29 is 9.59 Å². The standard InChI is InChI=1S/C18H37N3O2/c1-16(2,3)14(22)19-10-12-21(18(7,8)9)13-11-20-15(23)17(4,5)6/h10-13H2,1-9H3,(H,19,22)(H,20,23). The lowest BCUT2D eigenvalue weighted by Gasteiger charge is -2.36. The minimum Gasteiger partial charge on any atom is -0.354 e. The van der Waals surface area contributed by atoms with Crippen molar-refractivity contribution >= 4 is 11.8 Å². The first-order valence-corrected chi connectivity index (χ1v) is 8.47. The summed E-state index contributed by atoms with van der Waals surface area (Å²) in [5.74, 6) is 0.125. The van der Waals surface area contributed by atoms with Gasteiger partial charge in [0.25, 0.3) is 0 Å². The largest absolute Gasteiger partial charge is 0.354 e. The summed E-state index contributed by atoms with van der Waals surface area (Å²) in [6.07, 6.45) is 0. The molecule has 2 N–H and O–H groups in total. The molecule has 0 spiro atoms. The van der Waals surface area contributed by atoms with Crippen molar-refractivity contribution in [2.75, 3.05) is 26.2 Å². The van der Waals surface area contributed by atoms with Crippen LogP contribution in [0.25, 0.3) is 0 Å². The van der Waals surface area contributed by atoms with Gasteiger partial charge in [0.15, 0.2) is 0 Å². The first-order chi connectivity index (χ1) is 10.2. The Morgan fingerprint density at radius 3 is 1.22 bits per heavy atom. The van der Waals surface area contributed by atoms with E-state index in [1.165, 1.54) is 0 Å². The molecule has 0 aromatic carbocycles. The molecule has 0 bridgehead atoms. The summed E-state index contributed by atoms with van der Waals surface area (Å²) in [6, 6.07) is 0. The molecule has 136 valence electrons. The Kier molecular flexibility index (Phi) is 7.74. The zero-order valence-electron chi connectivity index (χ0n) is 16.6. The number of hydrogen-bond acceptors (Lipinski definition) is 3. The van der Waals surface area contributed by atoms with Crippen LogP contribution in [0.15, 0.2) is 0 Å². The summed E-state index contributed by atoms with van der Waals surface area (Å²) in [4.78, 5) is 26.1. The van der Waals surface area contributed by atoms with Gasteiger partial charge in [0.2, 0.25) is 11.8 Å². The third-order valence-corrected chi connectivity index (χ3v) is 3.65. The molecule has 0 aliphatic heterocycles. The van der Waals surface area contributed by atoms with Gasteiger partial charge in [-0.05, 0) is 20.8 Å². The summed E-state index contributed by atoms with van der Waals surface area (Å²) < 4.78 is 0. The van der Waals surface area contributed by atoms with E-state index < -0.39 is 0 Å². The summed E-state index contributed by atoms with van der Waals surface area (Å²) in [7, 11) is 0. The molecule has 0 aromatic heterocycles. The molecule has 5 nitrogen and oxygen atoms in total. The van der Waals surface area contributed by atoms with Crippen molar-refractivity contribution in [1.82, 2.24) is 15.5 Å². The molecule has 0 aromatic rings. The molecule has 0 heterocycles. The van der Waals surface area contributed by atoms with Gasteiger partial charge in [0, 0.05) is 42.5 Å². The van der Waals surface area contributed by atoms with E-state index in [1.54, 1.807) is 0 Å². The number of carbonyl (C=O) groups is 2. The highest BCUT2D eigenvalue weighted by Crippen LogP contribution is 2.15. The van der Waals surface area contributed by atoms with Crippen LogP contribution in [0.3, 0.4) is 0 Å². The predicted octanol–water partition coefficient (Wildman–Crippen LogP) is 2.41. The van der Waals surface area contributed by atoms with Crippen LogP contribution in [0.1, 0.15) is 62.3 Å². The highest BCUT2D eigenvalue weighted by molar-refractivity contribution is 5.81. The second-order valence-electron chi connectivity index (χ2n) is 9.17. The third-order valence-electron chi connectivity index (χ3n) is 3.65. The quantitative estimate of drug-likeness (QED) is 0.787. The van der Waals surface area contributed by atoms with Crippen molar-refractivity contribution in [3.63, 3.8) is 0 Å². The average Bonchev–Trinajstić information content (AvgIpc) is 2.32. The van der Waals surface area contributed by atoms with Gasteiger partial charge >= 0.3 is 0 Å². The molecule has 0 fully saturated rings. The fourth-order valence-corrected chi connectivity index (χ4v) is 1.92. The topological polar surface area (TPSA) is 61.4 Å². The van der Waals surface area contributed by atoms with Crippen LogP contribution >= 0.6 is 0 Å². The normalized spacial score (nSPS) is 13.1. The molecule has 0 saturated carbocycles. The van der Waals surface area contributed by atoms with Crippen LogP contribution in [0.2, 0.25) is 0 Å². The van der Waals surface area contributed by atoms with Gasteiger partial charge in [-0.3, -0.25) is 14.5 Å². The van der Waals surface area contributed by atoms with Crippen LogP contribution in [0.4, 0.5) is 0 Å². The Morgan fingerprint density at radius 2 is 1.00 bits per heavy atom. The number of nitrogens with zero attached hydrogens (tertiary/aromatic N) is 1. The van der Waals surface area contributed by atoms with E-state index >= 15 is 0 Å². The van der Waals surface area contributed by atoms with E-state index in [9.17, 15) is 9.59 Å². The van der Waals surface area contributed by atoms with Crippen LogP contribution in [0.5, 0.6) is 0 Å². The van der Waals surface area contributed by atoms with Crippen LogP contribution in [-0.2, 0) is 9.59 Å². The van der Waals surface area contributed by atoms with Gasteiger partial charge in [-0.15, -0.1) is 0 Å². The van der Waals surface area contributed by atoms with Crippen molar-refractivity contribution in [3.05, 3.63) is 0 Å². The van der Waals surface area contributed by atoms with Crippen LogP contribution in [0, 0.1) is 10.8 Å². The predicted molar refractivity (Wildman–Crippen MR) is 96.3 cm³/mol. The summed E-state index contributed by atoms with van der Waals surface area (Å²) in [5, 5.41) is 5.96. The van der Waals surface area contributed by atoms with E-state index in [4.69, 9.17) is 0 Å². The fourth-order valence-electron chi connectivity index (χ4n) is 1.92. The van der Waals surface area contributed by atoms with Crippen molar-refractivity contribution in [1.29, 1.82) is 0 Å².